The Morgan fingerprint density at radius 2 is 1.38 bits per heavy atom. The third-order valence-electron chi connectivity index (χ3n) is 9.80. The van der Waals surface area contributed by atoms with Crippen LogP contribution in [0.15, 0.2) is 30.3 Å². The van der Waals surface area contributed by atoms with E-state index in [9.17, 15) is 0 Å². The molecule has 1 saturated heterocycles. The van der Waals surface area contributed by atoms with Crippen LogP contribution in [0.3, 0.4) is 0 Å². The number of rotatable bonds is 13. The van der Waals surface area contributed by atoms with Crippen molar-refractivity contribution in [1.82, 2.24) is 14.9 Å². The van der Waals surface area contributed by atoms with Gasteiger partial charge in [-0.15, -0.1) is 0 Å². The molecule has 1 aromatic carbocycles. The summed E-state index contributed by atoms with van der Waals surface area (Å²) in [5.74, 6) is 3.78. The van der Waals surface area contributed by atoms with Crippen LogP contribution in [0, 0.1) is 18.8 Å². The fraction of sp³-hybridized carbons (Fsp3) is 0.714. The Morgan fingerprint density at radius 3 is 2.10 bits per heavy atom. The quantitative estimate of drug-likeness (QED) is 0.257. The van der Waals surface area contributed by atoms with Gasteiger partial charge in [-0.25, -0.2) is 4.98 Å². The molecule has 2 saturated carbocycles. The fourth-order valence-corrected chi connectivity index (χ4v) is 7.28. The summed E-state index contributed by atoms with van der Waals surface area (Å²) < 4.78 is 0. The van der Waals surface area contributed by atoms with Crippen LogP contribution in [0.4, 0.5) is 11.8 Å². The van der Waals surface area contributed by atoms with Gasteiger partial charge in [0.15, 0.2) is 0 Å². The first-order valence-electron chi connectivity index (χ1n) is 16.9. The zero-order valence-electron chi connectivity index (χ0n) is 25.4. The standard InChI is InChI=1S/C35H55N5/c1-29-26-34(40-24-22-39(23-25-40)28-33-16-10-5-11-17-33)38-35(37-29)36-27-32-20-18-31(19-21-32)15-7-3-2-6-12-30-13-8-4-9-14-30/h18-21,26,30,33H,2-17,22-25,27-28H2,1H3,(H,36,37,38). The molecule has 2 aromatic rings. The Morgan fingerprint density at radius 1 is 0.725 bits per heavy atom. The lowest BCUT2D eigenvalue weighted by atomic mass is 9.85. The van der Waals surface area contributed by atoms with Gasteiger partial charge in [-0.05, 0) is 55.6 Å². The zero-order valence-corrected chi connectivity index (χ0v) is 25.4. The lowest BCUT2D eigenvalue weighted by Gasteiger charge is -2.37. The summed E-state index contributed by atoms with van der Waals surface area (Å²) in [7, 11) is 0. The molecule has 3 aliphatic rings. The molecule has 2 aliphatic carbocycles. The van der Waals surface area contributed by atoms with E-state index in [0.717, 1.165) is 62.0 Å². The van der Waals surface area contributed by atoms with E-state index in [1.807, 2.05) is 0 Å². The number of anilines is 2. The number of aryl methyl sites for hydroxylation is 2. The first-order chi connectivity index (χ1) is 19.7. The Bertz CT molecular complexity index is 985. The van der Waals surface area contributed by atoms with Crippen LogP contribution in [-0.4, -0.2) is 47.6 Å². The fourth-order valence-electron chi connectivity index (χ4n) is 7.28. The predicted octanol–water partition coefficient (Wildman–Crippen LogP) is 8.17. The van der Waals surface area contributed by atoms with Crippen molar-refractivity contribution in [3.05, 3.63) is 47.2 Å². The van der Waals surface area contributed by atoms with E-state index >= 15 is 0 Å². The van der Waals surface area contributed by atoms with E-state index in [4.69, 9.17) is 4.98 Å². The number of hydrogen-bond acceptors (Lipinski definition) is 5. The van der Waals surface area contributed by atoms with Crippen molar-refractivity contribution in [3.8, 4) is 0 Å². The van der Waals surface area contributed by atoms with Crippen molar-refractivity contribution < 1.29 is 0 Å². The van der Waals surface area contributed by atoms with E-state index in [1.54, 1.807) is 0 Å². The highest BCUT2D eigenvalue weighted by Gasteiger charge is 2.22. The Labute approximate surface area is 244 Å². The minimum atomic E-state index is 0.747. The maximum absolute atomic E-state index is 4.91. The van der Waals surface area contributed by atoms with Gasteiger partial charge in [0, 0.05) is 51.0 Å². The molecule has 0 unspecified atom stereocenters. The maximum Gasteiger partial charge on any atom is 0.225 e. The summed E-state index contributed by atoms with van der Waals surface area (Å²) in [6.07, 6.45) is 22.8. The van der Waals surface area contributed by atoms with Gasteiger partial charge in [-0.2, -0.15) is 4.98 Å². The highest BCUT2D eigenvalue weighted by molar-refractivity contribution is 5.45. The van der Waals surface area contributed by atoms with E-state index < -0.39 is 0 Å². The van der Waals surface area contributed by atoms with Crippen molar-refractivity contribution in [1.29, 1.82) is 0 Å². The average molecular weight is 546 g/mol. The molecule has 40 heavy (non-hydrogen) atoms. The van der Waals surface area contributed by atoms with Gasteiger partial charge in [0.1, 0.15) is 5.82 Å². The van der Waals surface area contributed by atoms with Gasteiger partial charge in [-0.3, -0.25) is 4.90 Å². The second-order valence-electron chi connectivity index (χ2n) is 13.1. The SMILES string of the molecule is Cc1cc(N2CCN(CC3CCCCC3)CC2)nc(NCc2ccc(CCCCCCC3CCCCC3)cc2)n1. The molecular weight excluding hydrogens is 490 g/mol. The lowest BCUT2D eigenvalue weighted by molar-refractivity contribution is 0.192. The topological polar surface area (TPSA) is 44.3 Å². The Kier molecular flexibility index (Phi) is 11.6. The molecule has 5 nitrogen and oxygen atoms in total. The van der Waals surface area contributed by atoms with Gasteiger partial charge in [0.2, 0.25) is 5.95 Å². The van der Waals surface area contributed by atoms with Crippen LogP contribution >= 0.6 is 0 Å². The van der Waals surface area contributed by atoms with Crippen molar-refractivity contribution in [2.75, 3.05) is 42.9 Å². The van der Waals surface area contributed by atoms with Gasteiger partial charge in [-0.1, -0.05) is 101 Å². The van der Waals surface area contributed by atoms with Crippen molar-refractivity contribution >= 4 is 11.8 Å². The minimum absolute atomic E-state index is 0.747. The largest absolute Gasteiger partial charge is 0.354 e. The van der Waals surface area contributed by atoms with Crippen molar-refractivity contribution in [2.45, 2.75) is 116 Å². The van der Waals surface area contributed by atoms with Gasteiger partial charge < -0.3 is 10.2 Å². The molecule has 5 heteroatoms. The summed E-state index contributed by atoms with van der Waals surface area (Å²) >= 11 is 0. The number of piperazine rings is 1. The molecule has 2 heterocycles. The van der Waals surface area contributed by atoms with Gasteiger partial charge in [0.25, 0.3) is 0 Å². The van der Waals surface area contributed by atoms with Crippen molar-refractivity contribution in [3.63, 3.8) is 0 Å². The van der Waals surface area contributed by atoms with E-state index in [1.165, 1.54) is 120 Å². The smallest absolute Gasteiger partial charge is 0.225 e. The van der Waals surface area contributed by atoms with E-state index in [0.29, 0.717) is 0 Å². The molecule has 3 fully saturated rings. The van der Waals surface area contributed by atoms with Crippen LogP contribution in [0.25, 0.3) is 0 Å². The van der Waals surface area contributed by atoms with Crippen LogP contribution in [0.5, 0.6) is 0 Å². The molecule has 0 bridgehead atoms. The Balaban J connectivity index is 1.00. The van der Waals surface area contributed by atoms with Crippen LogP contribution in [-0.2, 0) is 13.0 Å². The summed E-state index contributed by atoms with van der Waals surface area (Å²) in [4.78, 5) is 14.7. The monoisotopic (exact) mass is 545 g/mol. The number of benzene rings is 1. The molecular formula is C35H55N5. The second-order valence-corrected chi connectivity index (χ2v) is 13.1. The molecule has 0 amide bonds. The summed E-state index contributed by atoms with van der Waals surface area (Å²) in [6.45, 7) is 8.56. The summed E-state index contributed by atoms with van der Waals surface area (Å²) in [6, 6.07) is 11.3. The van der Waals surface area contributed by atoms with Gasteiger partial charge in [0.05, 0.1) is 0 Å². The first kappa shape index (κ1) is 29.4. The third-order valence-corrected chi connectivity index (χ3v) is 9.80. The number of hydrogen-bond donors (Lipinski definition) is 1. The normalized spacial score (nSPS) is 19.7. The molecule has 220 valence electrons. The number of aromatic nitrogens is 2. The molecule has 5 rings (SSSR count). The Hall–Kier alpha value is -2.14. The molecule has 0 atom stereocenters. The zero-order chi connectivity index (χ0) is 27.4. The lowest BCUT2D eigenvalue weighted by Crippen LogP contribution is -2.48. The minimum Gasteiger partial charge on any atom is -0.354 e. The first-order valence-corrected chi connectivity index (χ1v) is 16.9. The van der Waals surface area contributed by atoms with Crippen molar-refractivity contribution in [2.24, 2.45) is 11.8 Å². The predicted molar refractivity (Wildman–Crippen MR) is 169 cm³/mol. The third kappa shape index (κ3) is 9.46. The summed E-state index contributed by atoms with van der Waals surface area (Å²) in [5.41, 5.74) is 3.79. The highest BCUT2D eigenvalue weighted by Crippen LogP contribution is 2.28. The molecule has 0 spiro atoms. The molecule has 1 N–H and O–H groups in total. The van der Waals surface area contributed by atoms with Crippen LogP contribution in [0.1, 0.15) is 113 Å². The van der Waals surface area contributed by atoms with Crippen LogP contribution in [0.2, 0.25) is 0 Å². The number of nitrogens with zero attached hydrogens (tertiary/aromatic N) is 4. The maximum atomic E-state index is 4.91. The summed E-state index contributed by atoms with van der Waals surface area (Å²) in [5, 5.41) is 3.50. The van der Waals surface area contributed by atoms with E-state index in [-0.39, 0.29) is 0 Å². The highest BCUT2D eigenvalue weighted by atomic mass is 15.3. The second kappa shape index (κ2) is 15.7. The number of nitrogens with one attached hydrogen (secondary N) is 1. The number of unbranched alkanes of at least 4 members (excludes halogenated alkanes) is 3. The molecule has 0 radical (unpaired) electrons. The van der Waals surface area contributed by atoms with Gasteiger partial charge >= 0.3 is 0 Å². The molecule has 1 aromatic heterocycles. The van der Waals surface area contributed by atoms with Crippen LogP contribution < -0.4 is 10.2 Å². The van der Waals surface area contributed by atoms with E-state index in [2.05, 4.69) is 57.4 Å². The molecule has 1 aliphatic heterocycles. The average Bonchev–Trinajstić information content (AvgIpc) is 3.00.